The van der Waals surface area contributed by atoms with Gasteiger partial charge in [-0.15, -0.1) is 0 Å². The summed E-state index contributed by atoms with van der Waals surface area (Å²) < 4.78 is 5.76. The standard InChI is InChI=1S/C15H24N2O/c1-2-3-8-16-9-10-17-11-12-18-15-7-5-4-6-14(15)13-17/h4-7,16H,2-3,8-13H2,1H3. The Labute approximate surface area is 110 Å². The molecule has 1 N–H and O–H groups in total. The highest BCUT2D eigenvalue weighted by atomic mass is 16.5. The van der Waals surface area contributed by atoms with Crippen molar-refractivity contribution >= 4 is 0 Å². The van der Waals surface area contributed by atoms with Crippen molar-refractivity contribution in [3.05, 3.63) is 29.8 Å². The van der Waals surface area contributed by atoms with Crippen LogP contribution in [0.4, 0.5) is 0 Å². The van der Waals surface area contributed by atoms with Crippen molar-refractivity contribution in [3.63, 3.8) is 0 Å². The van der Waals surface area contributed by atoms with E-state index in [0.717, 1.165) is 45.1 Å². The predicted octanol–water partition coefficient (Wildman–Crippen LogP) is 2.27. The average Bonchev–Trinajstić information content (AvgIpc) is 2.60. The Morgan fingerprint density at radius 1 is 1.28 bits per heavy atom. The lowest BCUT2D eigenvalue weighted by atomic mass is 10.2. The highest BCUT2D eigenvalue weighted by Gasteiger charge is 2.13. The molecule has 1 aliphatic heterocycles. The lowest BCUT2D eigenvalue weighted by Crippen LogP contribution is -2.33. The van der Waals surface area contributed by atoms with Crippen LogP contribution in [0.25, 0.3) is 0 Å². The summed E-state index contributed by atoms with van der Waals surface area (Å²) in [4.78, 5) is 2.46. The Bertz CT molecular complexity index is 354. The number of benzene rings is 1. The van der Waals surface area contributed by atoms with E-state index < -0.39 is 0 Å². The summed E-state index contributed by atoms with van der Waals surface area (Å²) in [5.41, 5.74) is 1.31. The van der Waals surface area contributed by atoms with Crippen molar-refractivity contribution in [2.45, 2.75) is 26.3 Å². The smallest absolute Gasteiger partial charge is 0.123 e. The topological polar surface area (TPSA) is 24.5 Å². The maximum atomic E-state index is 5.76. The average molecular weight is 248 g/mol. The minimum absolute atomic E-state index is 0.798. The number of para-hydroxylation sites is 1. The quantitative estimate of drug-likeness (QED) is 0.782. The summed E-state index contributed by atoms with van der Waals surface area (Å²) in [5, 5.41) is 3.50. The van der Waals surface area contributed by atoms with Gasteiger partial charge < -0.3 is 10.1 Å². The molecule has 2 rings (SSSR count). The summed E-state index contributed by atoms with van der Waals surface area (Å²) in [6, 6.07) is 8.36. The fraction of sp³-hybridized carbons (Fsp3) is 0.600. The van der Waals surface area contributed by atoms with E-state index in [9.17, 15) is 0 Å². The zero-order chi connectivity index (χ0) is 12.6. The summed E-state index contributed by atoms with van der Waals surface area (Å²) in [6.07, 6.45) is 2.53. The molecule has 0 aromatic heterocycles. The Morgan fingerprint density at radius 3 is 3.06 bits per heavy atom. The fourth-order valence-corrected chi connectivity index (χ4v) is 2.23. The third-order valence-electron chi connectivity index (χ3n) is 3.34. The van der Waals surface area contributed by atoms with E-state index >= 15 is 0 Å². The zero-order valence-electron chi connectivity index (χ0n) is 11.3. The summed E-state index contributed by atoms with van der Waals surface area (Å²) in [7, 11) is 0. The van der Waals surface area contributed by atoms with E-state index in [1.54, 1.807) is 0 Å². The molecule has 0 fully saturated rings. The normalized spacial score (nSPS) is 15.8. The van der Waals surface area contributed by atoms with Gasteiger partial charge in [-0.1, -0.05) is 31.5 Å². The van der Waals surface area contributed by atoms with Gasteiger partial charge in [0.15, 0.2) is 0 Å². The highest BCUT2D eigenvalue weighted by Crippen LogP contribution is 2.21. The first-order chi connectivity index (χ1) is 8.90. The fourth-order valence-electron chi connectivity index (χ4n) is 2.23. The SMILES string of the molecule is CCCCNCCN1CCOc2ccccc2C1. The number of nitrogens with zero attached hydrogens (tertiary/aromatic N) is 1. The van der Waals surface area contributed by atoms with Crippen molar-refractivity contribution in [1.29, 1.82) is 0 Å². The molecule has 1 aromatic carbocycles. The summed E-state index contributed by atoms with van der Waals surface area (Å²) in [5.74, 6) is 1.05. The van der Waals surface area contributed by atoms with Crippen LogP contribution in [0.1, 0.15) is 25.3 Å². The third-order valence-corrected chi connectivity index (χ3v) is 3.34. The molecule has 0 saturated carbocycles. The lowest BCUT2D eigenvalue weighted by molar-refractivity contribution is 0.226. The Balaban J connectivity index is 1.77. The van der Waals surface area contributed by atoms with Gasteiger partial charge in [-0.25, -0.2) is 0 Å². The van der Waals surface area contributed by atoms with Crippen LogP contribution in [0.15, 0.2) is 24.3 Å². The first kappa shape index (κ1) is 13.4. The van der Waals surface area contributed by atoms with Gasteiger partial charge in [0.25, 0.3) is 0 Å². The van der Waals surface area contributed by atoms with Gasteiger partial charge in [0.1, 0.15) is 12.4 Å². The molecule has 0 amide bonds. The van der Waals surface area contributed by atoms with E-state index in [-0.39, 0.29) is 0 Å². The Morgan fingerprint density at radius 2 is 2.17 bits per heavy atom. The molecular formula is C15H24N2O. The van der Waals surface area contributed by atoms with Crippen molar-refractivity contribution < 1.29 is 4.74 Å². The van der Waals surface area contributed by atoms with Gasteiger partial charge in [0.2, 0.25) is 0 Å². The molecule has 100 valence electrons. The molecule has 3 nitrogen and oxygen atoms in total. The molecule has 1 aromatic rings. The number of rotatable bonds is 6. The largest absolute Gasteiger partial charge is 0.492 e. The van der Waals surface area contributed by atoms with Crippen LogP contribution in [-0.4, -0.2) is 37.7 Å². The second kappa shape index (κ2) is 7.39. The molecule has 0 radical (unpaired) electrons. The van der Waals surface area contributed by atoms with Crippen LogP contribution < -0.4 is 10.1 Å². The molecule has 1 aliphatic rings. The molecule has 0 saturated heterocycles. The molecule has 3 heteroatoms. The second-order valence-corrected chi connectivity index (χ2v) is 4.84. The van der Waals surface area contributed by atoms with E-state index in [1.165, 1.54) is 18.4 Å². The van der Waals surface area contributed by atoms with Gasteiger partial charge in [-0.3, -0.25) is 4.90 Å². The third kappa shape index (κ3) is 4.00. The van der Waals surface area contributed by atoms with E-state index in [1.807, 2.05) is 6.07 Å². The van der Waals surface area contributed by atoms with E-state index in [4.69, 9.17) is 4.74 Å². The van der Waals surface area contributed by atoms with Crippen LogP contribution in [0.2, 0.25) is 0 Å². The first-order valence-electron chi connectivity index (χ1n) is 7.04. The maximum absolute atomic E-state index is 5.76. The van der Waals surface area contributed by atoms with Crippen LogP contribution in [0, 0.1) is 0 Å². The second-order valence-electron chi connectivity index (χ2n) is 4.84. The minimum atomic E-state index is 0.798. The molecule has 0 spiro atoms. The van der Waals surface area contributed by atoms with Crippen LogP contribution in [-0.2, 0) is 6.54 Å². The van der Waals surface area contributed by atoms with Crippen LogP contribution >= 0.6 is 0 Å². The first-order valence-corrected chi connectivity index (χ1v) is 7.04. The molecular weight excluding hydrogens is 224 g/mol. The lowest BCUT2D eigenvalue weighted by Gasteiger charge is -2.19. The number of fused-ring (bicyclic) bond motifs is 1. The molecule has 0 unspecified atom stereocenters. The number of hydrogen-bond donors (Lipinski definition) is 1. The monoisotopic (exact) mass is 248 g/mol. The van der Waals surface area contributed by atoms with Gasteiger partial charge in [-0.2, -0.15) is 0 Å². The van der Waals surface area contributed by atoms with Gasteiger partial charge in [0.05, 0.1) is 0 Å². The van der Waals surface area contributed by atoms with Crippen molar-refractivity contribution in [3.8, 4) is 5.75 Å². The van der Waals surface area contributed by atoms with Crippen molar-refractivity contribution in [2.75, 3.05) is 32.8 Å². The molecule has 0 bridgehead atoms. The molecule has 1 heterocycles. The number of nitrogens with one attached hydrogen (secondary N) is 1. The summed E-state index contributed by atoms with van der Waals surface area (Å²) >= 11 is 0. The van der Waals surface area contributed by atoms with Crippen LogP contribution in [0.5, 0.6) is 5.75 Å². The van der Waals surface area contributed by atoms with Crippen molar-refractivity contribution in [2.24, 2.45) is 0 Å². The molecule has 0 atom stereocenters. The van der Waals surface area contributed by atoms with E-state index in [0.29, 0.717) is 0 Å². The highest BCUT2D eigenvalue weighted by molar-refractivity contribution is 5.33. The number of ether oxygens (including phenoxy) is 1. The van der Waals surface area contributed by atoms with Gasteiger partial charge in [0, 0.05) is 31.7 Å². The van der Waals surface area contributed by atoms with Gasteiger partial charge >= 0.3 is 0 Å². The van der Waals surface area contributed by atoms with Crippen LogP contribution in [0.3, 0.4) is 0 Å². The number of hydrogen-bond acceptors (Lipinski definition) is 3. The van der Waals surface area contributed by atoms with E-state index in [2.05, 4.69) is 35.3 Å². The summed E-state index contributed by atoms with van der Waals surface area (Å²) in [6.45, 7) is 8.35. The molecule has 0 aliphatic carbocycles. The van der Waals surface area contributed by atoms with Crippen molar-refractivity contribution in [1.82, 2.24) is 10.2 Å². The Hall–Kier alpha value is -1.06. The van der Waals surface area contributed by atoms with Gasteiger partial charge in [-0.05, 0) is 19.0 Å². The number of unbranched alkanes of at least 4 members (excludes halogenated alkanes) is 1. The Kier molecular flexibility index (Phi) is 5.49. The predicted molar refractivity (Wildman–Crippen MR) is 75.0 cm³/mol. The zero-order valence-corrected chi connectivity index (χ0v) is 11.3. The minimum Gasteiger partial charge on any atom is -0.492 e. The molecule has 18 heavy (non-hydrogen) atoms. The maximum Gasteiger partial charge on any atom is 0.123 e.